The quantitative estimate of drug-likeness (QED) is 0.719. The summed E-state index contributed by atoms with van der Waals surface area (Å²) in [5.41, 5.74) is 0. The van der Waals surface area contributed by atoms with E-state index in [4.69, 9.17) is 5.11 Å². The summed E-state index contributed by atoms with van der Waals surface area (Å²) in [5.74, 6) is -1.73. The smallest absolute Gasteiger partial charge is 0.322 e. The molecule has 10 heteroatoms. The number of rotatable bonds is 7. The van der Waals surface area contributed by atoms with Crippen molar-refractivity contribution >= 4 is 26.0 Å². The second-order valence-corrected chi connectivity index (χ2v) is 9.31. The Hall–Kier alpha value is -1.49. The maximum atomic E-state index is 12.2. The third-order valence-corrected chi connectivity index (χ3v) is 6.41. The van der Waals surface area contributed by atoms with Crippen LogP contribution in [0, 0.1) is 5.92 Å². The maximum Gasteiger partial charge on any atom is 0.322 e. The van der Waals surface area contributed by atoms with E-state index in [9.17, 15) is 21.6 Å². The second-order valence-electron chi connectivity index (χ2n) is 5.44. The second kappa shape index (κ2) is 6.95. The van der Waals surface area contributed by atoms with Crippen molar-refractivity contribution in [2.24, 2.45) is 5.92 Å². The normalized spacial score (nSPS) is 14.2. The van der Waals surface area contributed by atoms with Crippen molar-refractivity contribution in [2.45, 2.75) is 29.7 Å². The van der Waals surface area contributed by atoms with Gasteiger partial charge in [0.05, 0.1) is 9.79 Å². The molecule has 1 unspecified atom stereocenters. The van der Waals surface area contributed by atoms with Crippen LogP contribution in [0.3, 0.4) is 0 Å². The molecule has 0 fully saturated rings. The highest BCUT2D eigenvalue weighted by Crippen LogP contribution is 2.17. The molecule has 0 aliphatic carbocycles. The lowest BCUT2D eigenvalue weighted by atomic mass is 10.1. The molecule has 23 heavy (non-hydrogen) atoms. The van der Waals surface area contributed by atoms with Crippen molar-refractivity contribution in [3.63, 3.8) is 0 Å². The van der Waals surface area contributed by atoms with Gasteiger partial charge >= 0.3 is 5.97 Å². The van der Waals surface area contributed by atoms with Gasteiger partial charge in [-0.05, 0) is 30.2 Å². The fourth-order valence-electron chi connectivity index (χ4n) is 1.71. The summed E-state index contributed by atoms with van der Waals surface area (Å²) in [7, 11) is -5.01. The number of benzene rings is 1. The van der Waals surface area contributed by atoms with Crippen LogP contribution < -0.4 is 4.72 Å². The number of aliphatic carboxylic acids is 1. The number of hydrogen-bond donors (Lipinski definition) is 2. The highest BCUT2D eigenvalue weighted by atomic mass is 32.2. The summed E-state index contributed by atoms with van der Waals surface area (Å²) in [6.45, 7) is 3.15. The van der Waals surface area contributed by atoms with Gasteiger partial charge in [-0.15, -0.1) is 0 Å². The average Bonchev–Trinajstić information content (AvgIpc) is 2.44. The van der Waals surface area contributed by atoms with Crippen LogP contribution in [-0.2, 0) is 24.8 Å². The molecule has 0 bridgehead atoms. The van der Waals surface area contributed by atoms with Crippen LogP contribution in [0.2, 0.25) is 0 Å². The van der Waals surface area contributed by atoms with E-state index < -0.39 is 38.0 Å². The number of carbonyl (C=O) groups is 1. The molecule has 0 amide bonds. The SMILES string of the molecule is CC(C)C(NS(=O)(=O)c1ccc(S(=O)(=O)N(C)C)cc1)C(=O)O. The van der Waals surface area contributed by atoms with Gasteiger partial charge in [0.25, 0.3) is 0 Å². The molecule has 1 rings (SSSR count). The van der Waals surface area contributed by atoms with Crippen LogP contribution in [0.4, 0.5) is 0 Å². The molecule has 0 saturated heterocycles. The van der Waals surface area contributed by atoms with Crippen LogP contribution in [-0.4, -0.2) is 52.4 Å². The first-order valence-corrected chi connectivity index (χ1v) is 9.59. The minimum Gasteiger partial charge on any atom is -0.480 e. The summed E-state index contributed by atoms with van der Waals surface area (Å²) >= 11 is 0. The fourth-order valence-corrected chi connectivity index (χ4v) is 3.95. The highest BCUT2D eigenvalue weighted by molar-refractivity contribution is 7.89. The lowest BCUT2D eigenvalue weighted by Gasteiger charge is -2.18. The predicted molar refractivity (Wildman–Crippen MR) is 83.9 cm³/mol. The van der Waals surface area contributed by atoms with Gasteiger partial charge in [-0.2, -0.15) is 4.72 Å². The van der Waals surface area contributed by atoms with Gasteiger partial charge in [0.1, 0.15) is 6.04 Å². The molecule has 0 aliphatic heterocycles. The Labute approximate surface area is 136 Å². The highest BCUT2D eigenvalue weighted by Gasteiger charge is 2.28. The number of nitrogens with zero attached hydrogens (tertiary/aromatic N) is 1. The van der Waals surface area contributed by atoms with E-state index in [1.54, 1.807) is 13.8 Å². The lowest BCUT2D eigenvalue weighted by Crippen LogP contribution is -2.44. The van der Waals surface area contributed by atoms with E-state index in [2.05, 4.69) is 4.72 Å². The van der Waals surface area contributed by atoms with Gasteiger partial charge in [0.2, 0.25) is 20.0 Å². The van der Waals surface area contributed by atoms with E-state index in [0.717, 1.165) is 28.6 Å². The van der Waals surface area contributed by atoms with E-state index in [1.165, 1.54) is 14.1 Å². The first-order valence-electron chi connectivity index (χ1n) is 6.67. The maximum absolute atomic E-state index is 12.2. The van der Waals surface area contributed by atoms with Gasteiger partial charge in [-0.3, -0.25) is 4.79 Å². The van der Waals surface area contributed by atoms with Gasteiger partial charge in [-0.25, -0.2) is 21.1 Å². The standard InChI is InChI=1S/C13H20N2O6S2/c1-9(2)12(13(16)17)14-22(18,19)10-5-7-11(8-6-10)23(20,21)15(3)4/h5-9,12,14H,1-4H3,(H,16,17). The minimum atomic E-state index is -4.07. The largest absolute Gasteiger partial charge is 0.480 e. The molecule has 1 aromatic rings. The molecule has 0 radical (unpaired) electrons. The molecule has 2 N–H and O–H groups in total. The summed E-state index contributed by atoms with van der Waals surface area (Å²) in [5, 5.41) is 9.05. The van der Waals surface area contributed by atoms with Gasteiger partial charge < -0.3 is 5.11 Å². The summed E-state index contributed by atoms with van der Waals surface area (Å²) < 4.78 is 51.4. The van der Waals surface area contributed by atoms with Crippen LogP contribution in [0.25, 0.3) is 0 Å². The van der Waals surface area contributed by atoms with Crippen LogP contribution in [0.1, 0.15) is 13.8 Å². The number of carboxylic acids is 1. The van der Waals surface area contributed by atoms with Crippen molar-refractivity contribution in [2.75, 3.05) is 14.1 Å². The zero-order chi connectivity index (χ0) is 18.0. The first-order chi connectivity index (χ1) is 10.4. The average molecular weight is 364 g/mol. The predicted octanol–water partition coefficient (Wildman–Crippen LogP) is 0.324. The van der Waals surface area contributed by atoms with E-state index >= 15 is 0 Å². The van der Waals surface area contributed by atoms with E-state index in [-0.39, 0.29) is 9.79 Å². The van der Waals surface area contributed by atoms with Crippen molar-refractivity contribution < 1.29 is 26.7 Å². The Morgan fingerprint density at radius 1 is 1.04 bits per heavy atom. The van der Waals surface area contributed by atoms with E-state index in [0.29, 0.717) is 0 Å². The van der Waals surface area contributed by atoms with Crippen molar-refractivity contribution in [3.05, 3.63) is 24.3 Å². The molecule has 1 aromatic carbocycles. The summed E-state index contributed by atoms with van der Waals surface area (Å²) in [6.07, 6.45) is 0. The molecule has 0 saturated carbocycles. The molecule has 0 aromatic heterocycles. The number of sulfonamides is 2. The zero-order valence-corrected chi connectivity index (χ0v) is 14.8. The number of hydrogen-bond acceptors (Lipinski definition) is 5. The minimum absolute atomic E-state index is 0.0555. The van der Waals surface area contributed by atoms with Crippen molar-refractivity contribution in [1.29, 1.82) is 0 Å². The molecular weight excluding hydrogens is 344 g/mol. The summed E-state index contributed by atoms with van der Waals surface area (Å²) in [4.78, 5) is 10.8. The summed E-state index contributed by atoms with van der Waals surface area (Å²) in [6, 6.07) is 3.30. The molecular formula is C13H20N2O6S2. The Bertz CT molecular complexity index is 767. The molecule has 0 heterocycles. The first kappa shape index (κ1) is 19.6. The van der Waals surface area contributed by atoms with E-state index in [1.807, 2.05) is 0 Å². The van der Waals surface area contributed by atoms with Crippen LogP contribution >= 0.6 is 0 Å². The Morgan fingerprint density at radius 2 is 1.48 bits per heavy atom. The molecule has 0 aliphatic rings. The van der Waals surface area contributed by atoms with Crippen LogP contribution in [0.5, 0.6) is 0 Å². The molecule has 8 nitrogen and oxygen atoms in total. The topological polar surface area (TPSA) is 121 Å². The number of nitrogens with one attached hydrogen (secondary N) is 1. The van der Waals surface area contributed by atoms with Gasteiger partial charge in [0, 0.05) is 14.1 Å². The number of carboxylic acid groups (broad SMARTS) is 1. The Morgan fingerprint density at radius 3 is 1.83 bits per heavy atom. The molecule has 0 spiro atoms. The van der Waals surface area contributed by atoms with Crippen molar-refractivity contribution in [3.8, 4) is 0 Å². The third-order valence-electron chi connectivity index (χ3n) is 3.13. The van der Waals surface area contributed by atoms with Gasteiger partial charge in [-0.1, -0.05) is 13.8 Å². The zero-order valence-electron chi connectivity index (χ0n) is 13.2. The third kappa shape index (κ3) is 4.50. The molecule has 130 valence electrons. The molecule has 1 atom stereocenters. The van der Waals surface area contributed by atoms with Crippen LogP contribution in [0.15, 0.2) is 34.1 Å². The monoisotopic (exact) mass is 364 g/mol. The Balaban J connectivity index is 3.15. The van der Waals surface area contributed by atoms with Crippen molar-refractivity contribution in [1.82, 2.24) is 9.03 Å². The fraction of sp³-hybridized carbons (Fsp3) is 0.462. The van der Waals surface area contributed by atoms with Gasteiger partial charge in [0.15, 0.2) is 0 Å². The Kier molecular flexibility index (Phi) is 5.91. The lowest BCUT2D eigenvalue weighted by molar-refractivity contribution is -0.140.